The Labute approximate surface area is 163 Å². The van der Waals surface area contributed by atoms with Gasteiger partial charge in [-0.15, -0.1) is 0 Å². The summed E-state index contributed by atoms with van der Waals surface area (Å²) in [6.07, 6.45) is 16.1. The van der Waals surface area contributed by atoms with Crippen LogP contribution in [0.3, 0.4) is 0 Å². The van der Waals surface area contributed by atoms with E-state index in [4.69, 9.17) is 5.11 Å². The molecular weight excluding hydrogens is 340 g/mol. The van der Waals surface area contributed by atoms with Crippen molar-refractivity contribution in [1.82, 2.24) is 0 Å². The average molecular weight is 377 g/mol. The Bertz CT molecular complexity index is 575. The predicted octanol–water partition coefficient (Wildman–Crippen LogP) is 4.46. The van der Waals surface area contributed by atoms with Crippen molar-refractivity contribution >= 4 is 5.97 Å². The van der Waals surface area contributed by atoms with Gasteiger partial charge < -0.3 is 15.3 Å². The minimum absolute atomic E-state index is 0.123. The van der Waals surface area contributed by atoms with Crippen molar-refractivity contribution in [2.75, 3.05) is 0 Å². The van der Waals surface area contributed by atoms with Gasteiger partial charge in [-0.3, -0.25) is 4.79 Å². The molecule has 4 heteroatoms. The van der Waals surface area contributed by atoms with Crippen LogP contribution in [0, 0.1) is 23.2 Å². The summed E-state index contributed by atoms with van der Waals surface area (Å²) >= 11 is 0. The van der Waals surface area contributed by atoms with Crippen molar-refractivity contribution in [1.29, 1.82) is 0 Å². The van der Waals surface area contributed by atoms with Crippen molar-refractivity contribution < 1.29 is 20.1 Å². The zero-order valence-corrected chi connectivity index (χ0v) is 16.6. The normalized spacial score (nSPS) is 37.1. The van der Waals surface area contributed by atoms with Crippen LogP contribution in [0.5, 0.6) is 0 Å². The lowest BCUT2D eigenvalue weighted by Gasteiger charge is -2.57. The minimum atomic E-state index is -0.728. The van der Waals surface area contributed by atoms with Crippen LogP contribution in [0.1, 0.15) is 77.6 Å². The highest BCUT2D eigenvalue weighted by Gasteiger charge is 2.53. The van der Waals surface area contributed by atoms with E-state index in [9.17, 15) is 15.0 Å². The van der Waals surface area contributed by atoms with Gasteiger partial charge in [0.25, 0.3) is 0 Å². The zero-order valence-electron chi connectivity index (χ0n) is 16.6. The SMILES string of the molecule is C[C@@]12CC[C@H](O)[C@@H](/C=C/C(O)C3CCCCC3)[C@@H]1CC2=CCCCC(=O)O. The number of unbranched alkanes of at least 4 members (excludes halogenated alkanes) is 1. The van der Waals surface area contributed by atoms with Gasteiger partial charge in [-0.2, -0.15) is 0 Å². The summed E-state index contributed by atoms with van der Waals surface area (Å²) in [5.74, 6) is 0.210. The maximum Gasteiger partial charge on any atom is 0.303 e. The molecular formula is C23H36O4. The molecule has 0 radical (unpaired) electrons. The van der Waals surface area contributed by atoms with Gasteiger partial charge in [0.15, 0.2) is 0 Å². The van der Waals surface area contributed by atoms with E-state index in [2.05, 4.69) is 19.1 Å². The van der Waals surface area contributed by atoms with Gasteiger partial charge in [-0.1, -0.05) is 50.0 Å². The molecule has 4 nitrogen and oxygen atoms in total. The Kier molecular flexibility index (Phi) is 6.80. The van der Waals surface area contributed by atoms with Crippen LogP contribution in [0.25, 0.3) is 0 Å². The summed E-state index contributed by atoms with van der Waals surface area (Å²) in [6, 6.07) is 0. The smallest absolute Gasteiger partial charge is 0.303 e. The number of aliphatic carboxylic acids is 1. The zero-order chi connectivity index (χ0) is 19.4. The summed E-state index contributed by atoms with van der Waals surface area (Å²) in [7, 11) is 0. The van der Waals surface area contributed by atoms with Gasteiger partial charge in [0.2, 0.25) is 0 Å². The van der Waals surface area contributed by atoms with Crippen LogP contribution in [-0.2, 0) is 4.79 Å². The molecule has 3 rings (SSSR count). The lowest BCUT2D eigenvalue weighted by Crippen LogP contribution is -2.51. The molecule has 3 saturated carbocycles. The molecule has 0 amide bonds. The maximum atomic E-state index is 10.7. The summed E-state index contributed by atoms with van der Waals surface area (Å²) in [5.41, 5.74) is 1.57. The number of carboxylic acid groups (broad SMARTS) is 1. The number of allylic oxidation sites excluding steroid dienone is 2. The summed E-state index contributed by atoms with van der Waals surface area (Å²) in [4.78, 5) is 10.7. The molecule has 1 unspecified atom stereocenters. The van der Waals surface area contributed by atoms with E-state index >= 15 is 0 Å². The van der Waals surface area contributed by atoms with Crippen molar-refractivity contribution in [3.05, 3.63) is 23.8 Å². The largest absolute Gasteiger partial charge is 0.481 e. The van der Waals surface area contributed by atoms with E-state index in [1.54, 1.807) is 0 Å². The summed E-state index contributed by atoms with van der Waals surface area (Å²) < 4.78 is 0. The fourth-order valence-electron chi connectivity index (χ4n) is 5.60. The highest BCUT2D eigenvalue weighted by Crippen LogP contribution is 2.61. The first-order valence-electron chi connectivity index (χ1n) is 10.9. The number of carboxylic acids is 1. The molecule has 27 heavy (non-hydrogen) atoms. The van der Waals surface area contributed by atoms with Gasteiger partial charge in [-0.25, -0.2) is 0 Å². The number of aliphatic hydroxyl groups is 2. The number of rotatable bonds is 7. The number of hydrogen-bond acceptors (Lipinski definition) is 3. The first kappa shape index (κ1) is 20.6. The molecule has 0 saturated heterocycles. The quantitative estimate of drug-likeness (QED) is 0.453. The Balaban J connectivity index is 1.59. The Morgan fingerprint density at radius 1 is 1.26 bits per heavy atom. The molecule has 3 fully saturated rings. The molecule has 0 bridgehead atoms. The van der Waals surface area contributed by atoms with Crippen molar-refractivity contribution in [2.45, 2.75) is 89.8 Å². The fraction of sp³-hybridized carbons (Fsp3) is 0.783. The van der Waals surface area contributed by atoms with E-state index < -0.39 is 5.97 Å². The van der Waals surface area contributed by atoms with Gasteiger partial charge in [-0.05, 0) is 62.2 Å². The maximum absolute atomic E-state index is 10.7. The molecule has 0 spiro atoms. The molecule has 5 atom stereocenters. The Morgan fingerprint density at radius 3 is 2.70 bits per heavy atom. The molecule has 3 N–H and O–H groups in total. The van der Waals surface area contributed by atoms with Crippen molar-refractivity contribution in [2.24, 2.45) is 23.2 Å². The number of carbonyl (C=O) groups is 1. The lowest BCUT2D eigenvalue weighted by atomic mass is 9.48. The van der Waals surface area contributed by atoms with Gasteiger partial charge >= 0.3 is 5.97 Å². The lowest BCUT2D eigenvalue weighted by molar-refractivity contribution is -0.137. The van der Waals surface area contributed by atoms with Gasteiger partial charge in [0.1, 0.15) is 0 Å². The minimum Gasteiger partial charge on any atom is -0.481 e. The van der Waals surface area contributed by atoms with E-state index in [0.717, 1.165) is 38.5 Å². The predicted molar refractivity (Wildman–Crippen MR) is 106 cm³/mol. The third kappa shape index (κ3) is 4.65. The standard InChI is InChI=1S/C23H36O4/c1-23-14-13-21(25)18(11-12-20(24)16-7-3-2-4-8-16)19(23)15-17(23)9-5-6-10-22(26)27/h9,11-12,16,18-21,24-25H,2-8,10,13-15H2,1H3,(H,26,27)/b12-11+,17-9?/t18-,19-,20?,21-,23-/m0/s1. The summed E-state index contributed by atoms with van der Waals surface area (Å²) in [6.45, 7) is 2.30. The molecule has 152 valence electrons. The monoisotopic (exact) mass is 376 g/mol. The van der Waals surface area contributed by atoms with Crippen LogP contribution >= 0.6 is 0 Å². The van der Waals surface area contributed by atoms with Crippen LogP contribution in [-0.4, -0.2) is 33.5 Å². The second-order valence-corrected chi connectivity index (χ2v) is 9.20. The molecule has 3 aliphatic carbocycles. The van der Waals surface area contributed by atoms with Crippen molar-refractivity contribution in [3.63, 3.8) is 0 Å². The van der Waals surface area contributed by atoms with E-state index in [1.807, 2.05) is 6.08 Å². The molecule has 0 aromatic heterocycles. The highest BCUT2D eigenvalue weighted by molar-refractivity contribution is 5.66. The van der Waals surface area contributed by atoms with E-state index in [1.165, 1.54) is 24.8 Å². The number of aliphatic hydroxyl groups excluding tert-OH is 2. The Hall–Kier alpha value is -1.13. The number of hydrogen-bond donors (Lipinski definition) is 3. The second kappa shape index (κ2) is 8.91. The molecule has 0 aromatic carbocycles. The van der Waals surface area contributed by atoms with Gasteiger partial charge in [0.05, 0.1) is 12.2 Å². The first-order valence-corrected chi connectivity index (χ1v) is 10.9. The first-order chi connectivity index (χ1) is 12.9. The number of fused-ring (bicyclic) bond motifs is 1. The van der Waals surface area contributed by atoms with Crippen LogP contribution in [0.4, 0.5) is 0 Å². The fourth-order valence-corrected chi connectivity index (χ4v) is 5.60. The van der Waals surface area contributed by atoms with Crippen LogP contribution in [0.2, 0.25) is 0 Å². The molecule has 0 aromatic rings. The molecule has 0 aliphatic heterocycles. The second-order valence-electron chi connectivity index (χ2n) is 9.20. The van der Waals surface area contributed by atoms with Crippen LogP contribution in [0.15, 0.2) is 23.8 Å². The van der Waals surface area contributed by atoms with Crippen molar-refractivity contribution in [3.8, 4) is 0 Å². The molecule has 0 heterocycles. The van der Waals surface area contributed by atoms with Crippen LogP contribution < -0.4 is 0 Å². The van der Waals surface area contributed by atoms with Gasteiger partial charge in [0, 0.05) is 12.3 Å². The van der Waals surface area contributed by atoms with E-state index in [-0.39, 0.29) is 30.0 Å². The average Bonchev–Trinajstić information content (AvgIpc) is 2.65. The third-order valence-corrected chi connectivity index (χ3v) is 7.51. The van der Waals surface area contributed by atoms with E-state index in [0.29, 0.717) is 18.3 Å². The Morgan fingerprint density at radius 2 is 2.00 bits per heavy atom. The highest BCUT2D eigenvalue weighted by atomic mass is 16.4. The summed E-state index contributed by atoms with van der Waals surface area (Å²) in [5, 5.41) is 29.9. The topological polar surface area (TPSA) is 77.8 Å². The third-order valence-electron chi connectivity index (χ3n) is 7.51. The molecule has 3 aliphatic rings.